The van der Waals surface area contributed by atoms with Gasteiger partial charge < -0.3 is 4.74 Å². The van der Waals surface area contributed by atoms with Gasteiger partial charge in [-0.25, -0.2) is 0 Å². The van der Waals surface area contributed by atoms with Gasteiger partial charge in [-0.2, -0.15) is 5.26 Å². The van der Waals surface area contributed by atoms with Crippen molar-refractivity contribution in [1.82, 2.24) is 0 Å². The monoisotopic (exact) mass is 211 g/mol. The molecule has 0 spiro atoms. The molecule has 0 aliphatic heterocycles. The Morgan fingerprint density at radius 3 is 2.50 bits per heavy atom. The van der Waals surface area contributed by atoms with Gasteiger partial charge in [0.2, 0.25) is 0 Å². The number of benzene rings is 2. The van der Waals surface area contributed by atoms with Crippen LogP contribution in [-0.2, 0) is 0 Å². The predicted molar refractivity (Wildman–Crippen MR) is 64.5 cm³/mol. The molecule has 0 unspecified atom stereocenters. The maximum absolute atomic E-state index is 8.87. The molecular weight excluding hydrogens is 198 g/mol. The maximum Gasteiger partial charge on any atom is 0.119 e. The number of hydrogen-bond acceptors (Lipinski definition) is 2. The molecule has 0 N–H and O–H groups in total. The lowest BCUT2D eigenvalue weighted by atomic mass is 9.99. The number of nitriles is 1. The average Bonchev–Trinajstić information content (AvgIpc) is 2.36. The highest BCUT2D eigenvalue weighted by atomic mass is 16.5. The van der Waals surface area contributed by atoms with Crippen LogP contribution in [0.4, 0.5) is 0 Å². The van der Waals surface area contributed by atoms with Gasteiger partial charge in [0.05, 0.1) is 19.1 Å². The number of methoxy groups -OCH3 is 1. The van der Waals surface area contributed by atoms with E-state index in [1.165, 1.54) is 0 Å². The summed E-state index contributed by atoms with van der Waals surface area (Å²) < 4.78 is 5.17. The highest BCUT2D eigenvalue weighted by molar-refractivity contribution is 5.84. The SMILES string of the molecule is COc1ccc2cc([C@H](C)C#N)ccc2c1. The molecule has 2 nitrogen and oxygen atoms in total. The first kappa shape index (κ1) is 10.5. The summed E-state index contributed by atoms with van der Waals surface area (Å²) in [6.45, 7) is 1.91. The first-order valence-electron chi connectivity index (χ1n) is 5.22. The molecular formula is C14H13NO. The van der Waals surface area contributed by atoms with Gasteiger partial charge in [0.1, 0.15) is 5.75 Å². The van der Waals surface area contributed by atoms with Gasteiger partial charge >= 0.3 is 0 Å². The minimum absolute atomic E-state index is 0.0634. The molecule has 0 saturated heterocycles. The van der Waals surface area contributed by atoms with Crippen LogP contribution >= 0.6 is 0 Å². The maximum atomic E-state index is 8.87. The highest BCUT2D eigenvalue weighted by Gasteiger charge is 2.04. The second-order valence-electron chi connectivity index (χ2n) is 3.82. The second-order valence-corrected chi connectivity index (χ2v) is 3.82. The van der Waals surface area contributed by atoms with Crippen LogP contribution in [0.25, 0.3) is 10.8 Å². The number of nitrogens with zero attached hydrogens (tertiary/aromatic N) is 1. The van der Waals surface area contributed by atoms with E-state index in [1.54, 1.807) is 7.11 Å². The van der Waals surface area contributed by atoms with Gasteiger partial charge in [-0.3, -0.25) is 0 Å². The average molecular weight is 211 g/mol. The van der Waals surface area contributed by atoms with E-state index in [0.29, 0.717) is 0 Å². The van der Waals surface area contributed by atoms with E-state index < -0.39 is 0 Å². The zero-order chi connectivity index (χ0) is 11.5. The fourth-order valence-electron chi connectivity index (χ4n) is 1.71. The molecule has 2 aromatic carbocycles. The van der Waals surface area contributed by atoms with Crippen molar-refractivity contribution >= 4 is 10.8 Å². The Hall–Kier alpha value is -2.01. The van der Waals surface area contributed by atoms with Gasteiger partial charge in [-0.15, -0.1) is 0 Å². The van der Waals surface area contributed by atoms with Crippen LogP contribution in [0.3, 0.4) is 0 Å². The van der Waals surface area contributed by atoms with Crippen molar-refractivity contribution in [3.05, 3.63) is 42.0 Å². The van der Waals surface area contributed by atoms with Crippen LogP contribution in [0.5, 0.6) is 5.75 Å². The summed E-state index contributed by atoms with van der Waals surface area (Å²) in [5, 5.41) is 11.1. The van der Waals surface area contributed by atoms with Gasteiger partial charge in [-0.05, 0) is 41.5 Å². The lowest BCUT2D eigenvalue weighted by Gasteiger charge is -2.06. The van der Waals surface area contributed by atoms with Gasteiger partial charge in [-0.1, -0.05) is 18.2 Å². The topological polar surface area (TPSA) is 33.0 Å². The molecule has 1 atom stereocenters. The standard InChI is InChI=1S/C14H13NO/c1-10(9-15)11-3-4-13-8-14(16-2)6-5-12(13)7-11/h3-8,10H,1-2H3/t10-/m1/s1. The van der Waals surface area contributed by atoms with Crippen LogP contribution in [0.15, 0.2) is 36.4 Å². The Labute approximate surface area is 95.1 Å². The molecule has 2 rings (SSSR count). The summed E-state index contributed by atoms with van der Waals surface area (Å²) in [5.74, 6) is 0.792. The summed E-state index contributed by atoms with van der Waals surface area (Å²) in [6.07, 6.45) is 0. The lowest BCUT2D eigenvalue weighted by molar-refractivity contribution is 0.415. The van der Waals surface area contributed by atoms with Crippen molar-refractivity contribution in [1.29, 1.82) is 5.26 Å². The molecule has 2 heteroatoms. The molecule has 0 aliphatic carbocycles. The molecule has 0 heterocycles. The summed E-state index contributed by atoms with van der Waals surface area (Å²) in [4.78, 5) is 0. The Bertz CT molecular complexity index is 554. The van der Waals surface area contributed by atoms with Crippen molar-refractivity contribution in [3.63, 3.8) is 0 Å². The van der Waals surface area contributed by atoms with Crippen molar-refractivity contribution in [2.75, 3.05) is 7.11 Å². The van der Waals surface area contributed by atoms with E-state index in [1.807, 2.05) is 37.3 Å². The van der Waals surface area contributed by atoms with E-state index in [4.69, 9.17) is 10.00 Å². The van der Waals surface area contributed by atoms with Crippen LogP contribution in [0.1, 0.15) is 18.4 Å². The third-order valence-electron chi connectivity index (χ3n) is 2.77. The fourth-order valence-corrected chi connectivity index (χ4v) is 1.71. The van der Waals surface area contributed by atoms with Crippen molar-refractivity contribution < 1.29 is 4.74 Å². The molecule has 0 fully saturated rings. The molecule has 0 aromatic heterocycles. The summed E-state index contributed by atoms with van der Waals surface area (Å²) in [5.41, 5.74) is 1.06. The molecule has 0 amide bonds. The number of rotatable bonds is 2. The molecule has 0 radical (unpaired) electrons. The van der Waals surface area contributed by atoms with Crippen molar-refractivity contribution in [3.8, 4) is 11.8 Å². The van der Waals surface area contributed by atoms with Crippen LogP contribution in [0.2, 0.25) is 0 Å². The third kappa shape index (κ3) is 1.85. The normalized spacial score (nSPS) is 12.1. The van der Waals surface area contributed by atoms with E-state index in [9.17, 15) is 0 Å². The first-order chi connectivity index (χ1) is 7.74. The number of hydrogen-bond donors (Lipinski definition) is 0. The van der Waals surface area contributed by atoms with E-state index in [-0.39, 0.29) is 5.92 Å². The van der Waals surface area contributed by atoms with Gasteiger partial charge in [0.25, 0.3) is 0 Å². The molecule has 0 saturated carbocycles. The van der Waals surface area contributed by atoms with Crippen molar-refractivity contribution in [2.45, 2.75) is 12.8 Å². The predicted octanol–water partition coefficient (Wildman–Crippen LogP) is 3.48. The quantitative estimate of drug-likeness (QED) is 0.761. The molecule has 16 heavy (non-hydrogen) atoms. The van der Waals surface area contributed by atoms with Crippen LogP contribution in [-0.4, -0.2) is 7.11 Å². The zero-order valence-electron chi connectivity index (χ0n) is 9.40. The smallest absolute Gasteiger partial charge is 0.119 e. The largest absolute Gasteiger partial charge is 0.497 e. The Balaban J connectivity index is 2.52. The molecule has 0 bridgehead atoms. The Morgan fingerprint density at radius 2 is 1.81 bits per heavy atom. The molecule has 0 aliphatic rings. The lowest BCUT2D eigenvalue weighted by Crippen LogP contribution is -1.89. The van der Waals surface area contributed by atoms with Crippen LogP contribution in [0, 0.1) is 11.3 Å². The highest BCUT2D eigenvalue weighted by Crippen LogP contribution is 2.24. The number of ether oxygens (including phenoxy) is 1. The molecule has 2 aromatic rings. The third-order valence-corrected chi connectivity index (χ3v) is 2.77. The molecule has 80 valence electrons. The number of fused-ring (bicyclic) bond motifs is 1. The van der Waals surface area contributed by atoms with Gasteiger partial charge in [0, 0.05) is 0 Å². The van der Waals surface area contributed by atoms with Gasteiger partial charge in [0.15, 0.2) is 0 Å². The minimum atomic E-state index is -0.0634. The second kappa shape index (κ2) is 4.24. The van der Waals surface area contributed by atoms with E-state index >= 15 is 0 Å². The first-order valence-corrected chi connectivity index (χ1v) is 5.22. The van der Waals surface area contributed by atoms with Crippen molar-refractivity contribution in [2.24, 2.45) is 0 Å². The van der Waals surface area contributed by atoms with E-state index in [0.717, 1.165) is 22.1 Å². The Kier molecular flexibility index (Phi) is 2.78. The Morgan fingerprint density at radius 1 is 1.12 bits per heavy atom. The summed E-state index contributed by atoms with van der Waals surface area (Å²) >= 11 is 0. The van der Waals surface area contributed by atoms with E-state index in [2.05, 4.69) is 12.1 Å². The fraction of sp³-hybridized carbons (Fsp3) is 0.214. The summed E-state index contributed by atoms with van der Waals surface area (Å²) in [7, 11) is 1.66. The minimum Gasteiger partial charge on any atom is -0.497 e. The summed E-state index contributed by atoms with van der Waals surface area (Å²) in [6, 6.07) is 14.3. The zero-order valence-corrected chi connectivity index (χ0v) is 9.40. The van der Waals surface area contributed by atoms with Crippen LogP contribution < -0.4 is 4.74 Å².